The van der Waals surface area contributed by atoms with Crippen molar-refractivity contribution in [3.05, 3.63) is 32.7 Å². The standard InChI is InChI=1S/C11H10Br2F3NO2/c12-7-1-2-9(13)8(5-7)10(19)17(3-4-18)6-11(14,15)16/h1-2,5,18H,3-4,6H2. The number of rotatable bonds is 4. The van der Waals surface area contributed by atoms with Gasteiger partial charge in [0.05, 0.1) is 12.2 Å². The van der Waals surface area contributed by atoms with Crippen LogP contribution in [-0.4, -0.2) is 41.8 Å². The van der Waals surface area contributed by atoms with Crippen LogP contribution in [0.5, 0.6) is 0 Å². The Bertz CT molecular complexity index is 466. The predicted octanol–water partition coefficient (Wildman–Crippen LogP) is 3.21. The van der Waals surface area contributed by atoms with E-state index in [0.29, 0.717) is 13.8 Å². The summed E-state index contributed by atoms with van der Waals surface area (Å²) in [5.74, 6) is -0.792. The molecule has 0 aliphatic rings. The van der Waals surface area contributed by atoms with Crippen LogP contribution in [0.25, 0.3) is 0 Å². The summed E-state index contributed by atoms with van der Waals surface area (Å²) in [6.07, 6.45) is -4.51. The van der Waals surface area contributed by atoms with Crippen LogP contribution < -0.4 is 0 Å². The Morgan fingerprint density at radius 2 is 1.95 bits per heavy atom. The van der Waals surface area contributed by atoms with Crippen molar-refractivity contribution in [1.82, 2.24) is 4.90 Å². The number of carbonyl (C=O) groups excluding carboxylic acids is 1. The van der Waals surface area contributed by atoms with E-state index in [1.807, 2.05) is 0 Å². The van der Waals surface area contributed by atoms with Crippen molar-refractivity contribution < 1.29 is 23.1 Å². The van der Waals surface area contributed by atoms with E-state index in [9.17, 15) is 18.0 Å². The van der Waals surface area contributed by atoms with Gasteiger partial charge in [0.15, 0.2) is 0 Å². The molecule has 0 spiro atoms. The number of aliphatic hydroxyl groups excluding tert-OH is 1. The number of alkyl halides is 3. The highest BCUT2D eigenvalue weighted by molar-refractivity contribution is 9.11. The van der Waals surface area contributed by atoms with Crippen molar-refractivity contribution in [3.63, 3.8) is 0 Å². The van der Waals surface area contributed by atoms with Gasteiger partial charge in [-0.2, -0.15) is 13.2 Å². The van der Waals surface area contributed by atoms with E-state index in [1.54, 1.807) is 12.1 Å². The molecule has 0 saturated carbocycles. The zero-order chi connectivity index (χ0) is 14.6. The molecule has 1 aromatic rings. The van der Waals surface area contributed by atoms with Crippen LogP contribution in [0.2, 0.25) is 0 Å². The summed E-state index contributed by atoms with van der Waals surface area (Å²) in [6.45, 7) is -2.31. The van der Waals surface area contributed by atoms with Crippen LogP contribution in [0.1, 0.15) is 10.4 Å². The van der Waals surface area contributed by atoms with Crippen LogP contribution in [0.3, 0.4) is 0 Å². The van der Waals surface area contributed by atoms with E-state index in [4.69, 9.17) is 5.11 Å². The molecule has 1 rings (SSSR count). The molecule has 19 heavy (non-hydrogen) atoms. The molecule has 0 radical (unpaired) electrons. The van der Waals surface area contributed by atoms with E-state index < -0.39 is 25.2 Å². The summed E-state index contributed by atoms with van der Waals surface area (Å²) in [5.41, 5.74) is 0.104. The first-order valence-corrected chi connectivity index (χ1v) is 6.75. The van der Waals surface area contributed by atoms with Crippen molar-refractivity contribution in [1.29, 1.82) is 0 Å². The van der Waals surface area contributed by atoms with Crippen molar-refractivity contribution >= 4 is 37.8 Å². The maximum absolute atomic E-state index is 12.4. The quantitative estimate of drug-likeness (QED) is 0.837. The van der Waals surface area contributed by atoms with Crippen molar-refractivity contribution in [2.75, 3.05) is 19.7 Å². The molecule has 0 fully saturated rings. The lowest BCUT2D eigenvalue weighted by atomic mass is 10.2. The van der Waals surface area contributed by atoms with Gasteiger partial charge in [0.25, 0.3) is 5.91 Å². The Labute approximate surface area is 124 Å². The number of aliphatic hydroxyl groups is 1. The molecule has 1 amide bonds. The molecule has 0 aliphatic carbocycles. The second-order valence-electron chi connectivity index (χ2n) is 3.69. The molecule has 1 aromatic carbocycles. The molecule has 3 nitrogen and oxygen atoms in total. The molecule has 0 heterocycles. The lowest BCUT2D eigenvalue weighted by molar-refractivity contribution is -0.141. The summed E-state index contributed by atoms with van der Waals surface area (Å²) in [4.78, 5) is 12.6. The molecular weight excluding hydrogens is 395 g/mol. The highest BCUT2D eigenvalue weighted by atomic mass is 79.9. The highest BCUT2D eigenvalue weighted by Gasteiger charge is 2.33. The monoisotopic (exact) mass is 403 g/mol. The van der Waals surface area contributed by atoms with Gasteiger partial charge in [-0.05, 0) is 34.1 Å². The second-order valence-corrected chi connectivity index (χ2v) is 5.46. The first-order chi connectivity index (χ1) is 8.74. The fourth-order valence-electron chi connectivity index (χ4n) is 1.42. The van der Waals surface area contributed by atoms with E-state index in [2.05, 4.69) is 31.9 Å². The predicted molar refractivity (Wildman–Crippen MR) is 70.9 cm³/mol. The summed E-state index contributed by atoms with van der Waals surface area (Å²) >= 11 is 6.27. The molecule has 8 heteroatoms. The van der Waals surface area contributed by atoms with Gasteiger partial charge >= 0.3 is 6.18 Å². The van der Waals surface area contributed by atoms with Gasteiger partial charge in [-0.25, -0.2) is 0 Å². The Hall–Kier alpha value is -0.600. The average molecular weight is 405 g/mol. The van der Waals surface area contributed by atoms with E-state index in [0.717, 1.165) is 0 Å². The second kappa shape index (κ2) is 6.71. The molecule has 0 aromatic heterocycles. The number of benzene rings is 1. The van der Waals surface area contributed by atoms with Crippen LogP contribution in [-0.2, 0) is 0 Å². The third-order valence-electron chi connectivity index (χ3n) is 2.19. The third kappa shape index (κ3) is 5.12. The lowest BCUT2D eigenvalue weighted by Crippen LogP contribution is -2.40. The fraction of sp³-hybridized carbons (Fsp3) is 0.364. The summed E-state index contributed by atoms with van der Waals surface area (Å²) in [7, 11) is 0. The summed E-state index contributed by atoms with van der Waals surface area (Å²) in [6, 6.07) is 4.64. The minimum absolute atomic E-state index is 0.104. The molecule has 0 atom stereocenters. The Morgan fingerprint density at radius 3 is 2.47 bits per heavy atom. The van der Waals surface area contributed by atoms with Gasteiger partial charge in [0.1, 0.15) is 6.54 Å². The maximum Gasteiger partial charge on any atom is 0.406 e. The van der Waals surface area contributed by atoms with Crippen molar-refractivity contribution in [2.24, 2.45) is 0 Å². The summed E-state index contributed by atoms with van der Waals surface area (Å²) < 4.78 is 38.1. The van der Waals surface area contributed by atoms with Crippen LogP contribution in [0.4, 0.5) is 13.2 Å². The first kappa shape index (κ1) is 16.5. The molecule has 0 unspecified atom stereocenters. The van der Waals surface area contributed by atoms with Gasteiger partial charge in [-0.15, -0.1) is 0 Å². The van der Waals surface area contributed by atoms with E-state index >= 15 is 0 Å². The normalized spacial score (nSPS) is 11.5. The summed E-state index contributed by atoms with van der Waals surface area (Å²) in [5, 5.41) is 8.77. The smallest absolute Gasteiger partial charge is 0.395 e. The molecule has 0 aliphatic heterocycles. The van der Waals surface area contributed by atoms with Crippen LogP contribution >= 0.6 is 31.9 Å². The molecule has 1 N–H and O–H groups in total. The Morgan fingerprint density at radius 1 is 1.32 bits per heavy atom. The zero-order valence-electron chi connectivity index (χ0n) is 9.55. The fourth-order valence-corrected chi connectivity index (χ4v) is 2.20. The van der Waals surface area contributed by atoms with Crippen LogP contribution in [0, 0.1) is 0 Å². The first-order valence-electron chi connectivity index (χ1n) is 5.16. The third-order valence-corrected chi connectivity index (χ3v) is 3.37. The lowest BCUT2D eigenvalue weighted by Gasteiger charge is -2.23. The number of nitrogens with zero attached hydrogens (tertiary/aromatic N) is 1. The SMILES string of the molecule is O=C(c1cc(Br)ccc1Br)N(CCO)CC(F)(F)F. The van der Waals surface area contributed by atoms with E-state index in [-0.39, 0.29) is 12.1 Å². The number of hydrogen-bond donors (Lipinski definition) is 1. The number of amides is 1. The Kier molecular flexibility index (Phi) is 5.82. The highest BCUT2D eigenvalue weighted by Crippen LogP contribution is 2.24. The topological polar surface area (TPSA) is 40.5 Å². The van der Waals surface area contributed by atoms with Crippen LogP contribution in [0.15, 0.2) is 27.1 Å². The molecule has 106 valence electrons. The van der Waals surface area contributed by atoms with Gasteiger partial charge in [-0.1, -0.05) is 15.9 Å². The van der Waals surface area contributed by atoms with Gasteiger partial charge < -0.3 is 10.0 Å². The largest absolute Gasteiger partial charge is 0.406 e. The molecule has 0 saturated heterocycles. The maximum atomic E-state index is 12.4. The molecular formula is C11H10Br2F3NO2. The van der Waals surface area contributed by atoms with Gasteiger partial charge in [-0.3, -0.25) is 4.79 Å². The molecule has 0 bridgehead atoms. The number of hydrogen-bond acceptors (Lipinski definition) is 2. The van der Waals surface area contributed by atoms with E-state index in [1.165, 1.54) is 6.07 Å². The van der Waals surface area contributed by atoms with Crippen molar-refractivity contribution in [3.8, 4) is 0 Å². The van der Waals surface area contributed by atoms with Crippen molar-refractivity contribution in [2.45, 2.75) is 6.18 Å². The number of carbonyl (C=O) groups is 1. The number of halogens is 5. The minimum Gasteiger partial charge on any atom is -0.395 e. The minimum atomic E-state index is -4.51. The zero-order valence-corrected chi connectivity index (χ0v) is 12.7. The Balaban J connectivity index is 3.02. The van der Waals surface area contributed by atoms with Gasteiger partial charge in [0.2, 0.25) is 0 Å². The average Bonchev–Trinajstić information content (AvgIpc) is 2.29. The van der Waals surface area contributed by atoms with Gasteiger partial charge in [0, 0.05) is 15.5 Å².